The summed E-state index contributed by atoms with van der Waals surface area (Å²) in [4.78, 5) is 61.5. The molecule has 4 rings (SSSR count). The highest BCUT2D eigenvalue weighted by atomic mass is 32.2. The molecule has 0 bridgehead atoms. The number of carbonyl (C=O) groups is 5. The Hall–Kier alpha value is -3.29. The van der Waals surface area contributed by atoms with Gasteiger partial charge >= 0.3 is 29.8 Å². The zero-order chi connectivity index (χ0) is 30.6. The zero-order valence-corrected chi connectivity index (χ0v) is 25.4. The average Bonchev–Trinajstić information content (AvgIpc) is 3.47. The Morgan fingerprint density at radius 1 is 0.833 bits per heavy atom. The lowest BCUT2D eigenvalue weighted by atomic mass is 9.89. The topological polar surface area (TPSA) is 141 Å². The minimum atomic E-state index is -1.35. The monoisotopic (exact) mass is 620 g/mol. The molecule has 3 heterocycles. The number of thioether (sulfide) groups is 2. The first-order chi connectivity index (χ1) is 19.9. The van der Waals surface area contributed by atoms with Crippen LogP contribution in [-0.2, 0) is 54.1 Å². The number of carbonyl (C=O) groups excluding carboxylic acids is 5. The van der Waals surface area contributed by atoms with E-state index in [0.717, 1.165) is 19.4 Å². The third-order valence-electron chi connectivity index (χ3n) is 6.48. The summed E-state index contributed by atoms with van der Waals surface area (Å²) < 4.78 is 34.1. The minimum Gasteiger partial charge on any atom is -0.463 e. The molecule has 1 fully saturated rings. The summed E-state index contributed by atoms with van der Waals surface area (Å²) in [5.41, 5.74) is 1.19. The van der Waals surface area contributed by atoms with Crippen molar-refractivity contribution < 1.29 is 52.4 Å². The van der Waals surface area contributed by atoms with Gasteiger partial charge in [0.1, 0.15) is 24.6 Å². The number of benzene rings is 1. The summed E-state index contributed by atoms with van der Waals surface area (Å²) in [6.07, 6.45) is -1.30. The fourth-order valence-corrected chi connectivity index (χ4v) is 7.67. The zero-order valence-electron chi connectivity index (χ0n) is 23.7. The Balaban J connectivity index is 1.78. The molecule has 0 N–H and O–H groups in total. The van der Waals surface area contributed by atoms with Crippen molar-refractivity contribution in [1.29, 1.82) is 0 Å². The van der Waals surface area contributed by atoms with Crippen LogP contribution < -0.4 is 4.74 Å². The average molecular weight is 621 g/mol. The molecule has 3 aliphatic heterocycles. The van der Waals surface area contributed by atoms with E-state index in [1.54, 1.807) is 35.7 Å². The molecule has 42 heavy (non-hydrogen) atoms. The molecule has 0 amide bonds. The van der Waals surface area contributed by atoms with E-state index in [0.29, 0.717) is 22.5 Å². The lowest BCUT2D eigenvalue weighted by Gasteiger charge is -2.44. The molecule has 0 aliphatic carbocycles. The number of rotatable bonds is 9. The van der Waals surface area contributed by atoms with Crippen LogP contribution in [0.25, 0.3) is 0 Å². The van der Waals surface area contributed by atoms with Crippen LogP contribution in [0.3, 0.4) is 0 Å². The van der Waals surface area contributed by atoms with Crippen LogP contribution in [0.2, 0.25) is 0 Å². The molecule has 11 nitrogen and oxygen atoms in total. The second-order valence-corrected chi connectivity index (χ2v) is 12.5. The van der Waals surface area contributed by atoms with Crippen LogP contribution in [-0.4, -0.2) is 65.5 Å². The predicted octanol–water partition coefficient (Wildman–Crippen LogP) is 3.79. The van der Waals surface area contributed by atoms with E-state index in [1.165, 1.54) is 25.7 Å². The van der Waals surface area contributed by atoms with E-state index in [4.69, 9.17) is 28.4 Å². The highest BCUT2D eigenvalue weighted by molar-refractivity contribution is 8.20. The highest BCUT2D eigenvalue weighted by Gasteiger charge is 2.53. The SMILES string of the molecule is CC(=O)OC[C@H]1O[C@@H](c2cc(CC3=CC4C=CSC4S3)ccc2OC(C)=O)[C@H](OC(C)=O)[C@@H](OC(C)=O)[C@@H]1OC(C)=O. The number of allylic oxidation sites excluding steroid dienone is 3. The second-order valence-electron chi connectivity index (χ2n) is 9.92. The maximum Gasteiger partial charge on any atom is 0.308 e. The highest BCUT2D eigenvalue weighted by Crippen LogP contribution is 2.49. The summed E-state index contributed by atoms with van der Waals surface area (Å²) in [5, 5.41) is 2.10. The normalized spacial score (nSPS) is 27.8. The number of hydrogen-bond donors (Lipinski definition) is 0. The van der Waals surface area contributed by atoms with Gasteiger partial charge in [-0.15, -0.1) is 23.5 Å². The second kappa shape index (κ2) is 13.8. The molecule has 1 aromatic rings. The summed E-state index contributed by atoms with van der Waals surface area (Å²) in [6.45, 7) is 5.56. The molecule has 0 saturated carbocycles. The Labute approximate surface area is 251 Å². The molecule has 0 aromatic heterocycles. The third-order valence-corrected chi connectivity index (χ3v) is 9.13. The van der Waals surface area contributed by atoms with Gasteiger partial charge in [0, 0.05) is 52.5 Å². The maximum atomic E-state index is 12.3. The molecular formula is C29H32O11S2. The van der Waals surface area contributed by atoms with Crippen LogP contribution >= 0.6 is 23.5 Å². The van der Waals surface area contributed by atoms with Crippen LogP contribution in [0.5, 0.6) is 5.75 Å². The van der Waals surface area contributed by atoms with E-state index >= 15 is 0 Å². The van der Waals surface area contributed by atoms with Crippen molar-refractivity contribution in [3.8, 4) is 5.75 Å². The molecule has 226 valence electrons. The summed E-state index contributed by atoms with van der Waals surface area (Å²) in [6, 6.07) is 5.22. The van der Waals surface area contributed by atoms with E-state index in [9.17, 15) is 24.0 Å². The third kappa shape index (κ3) is 7.96. The Kier molecular flexibility index (Phi) is 10.4. The van der Waals surface area contributed by atoms with Crippen molar-refractivity contribution in [3.63, 3.8) is 0 Å². The molecule has 0 spiro atoms. The van der Waals surface area contributed by atoms with Gasteiger partial charge in [0.15, 0.2) is 18.3 Å². The van der Waals surface area contributed by atoms with E-state index in [1.807, 2.05) is 6.07 Å². The quantitative estimate of drug-likeness (QED) is 0.225. The maximum absolute atomic E-state index is 12.3. The summed E-state index contributed by atoms with van der Waals surface area (Å²) in [5.74, 6) is -2.91. The number of esters is 5. The van der Waals surface area contributed by atoms with Gasteiger partial charge < -0.3 is 28.4 Å². The Morgan fingerprint density at radius 2 is 1.50 bits per heavy atom. The van der Waals surface area contributed by atoms with Crippen molar-refractivity contribution >= 4 is 53.4 Å². The van der Waals surface area contributed by atoms with Gasteiger partial charge in [-0.05, 0) is 28.0 Å². The summed E-state index contributed by atoms with van der Waals surface area (Å²) in [7, 11) is 0. The molecule has 3 aliphatic rings. The lowest BCUT2D eigenvalue weighted by Crippen LogP contribution is -2.59. The van der Waals surface area contributed by atoms with Crippen molar-refractivity contribution in [1.82, 2.24) is 0 Å². The predicted molar refractivity (Wildman–Crippen MR) is 152 cm³/mol. The largest absolute Gasteiger partial charge is 0.463 e. The first-order valence-electron chi connectivity index (χ1n) is 13.2. The lowest BCUT2D eigenvalue weighted by molar-refractivity contribution is -0.254. The first kappa shape index (κ1) is 31.6. The van der Waals surface area contributed by atoms with E-state index in [2.05, 4.69) is 17.6 Å². The molecule has 2 unspecified atom stereocenters. The van der Waals surface area contributed by atoms with Gasteiger partial charge in [0.2, 0.25) is 0 Å². The number of fused-ring (bicyclic) bond motifs is 1. The Bertz CT molecular complexity index is 1310. The van der Waals surface area contributed by atoms with E-state index in [-0.39, 0.29) is 12.4 Å². The standard InChI is InChI=1S/C29H32O11S2/c1-14(30)35-13-24-26(37-16(3)32)28(39-18(5)34)27(38-17(4)33)25(40-24)22-11-19(6-7-23(22)36-15(2)31)10-21-12-20-8-9-41-29(20)42-21/h6-9,11-12,20,24-29H,10,13H2,1-5H3/t20?,24-,25+,26-,27+,28+,29?/m1/s1. The van der Waals surface area contributed by atoms with Gasteiger partial charge in [-0.25, -0.2) is 0 Å². The van der Waals surface area contributed by atoms with Gasteiger partial charge in [0.05, 0.1) is 4.58 Å². The van der Waals surface area contributed by atoms with Crippen LogP contribution in [0.15, 0.2) is 40.7 Å². The number of hydrogen-bond acceptors (Lipinski definition) is 13. The molecule has 0 radical (unpaired) electrons. The fraction of sp³-hybridized carbons (Fsp3) is 0.483. The Morgan fingerprint density at radius 3 is 2.12 bits per heavy atom. The fourth-order valence-electron chi connectivity index (χ4n) is 5.00. The molecule has 7 atom stereocenters. The smallest absolute Gasteiger partial charge is 0.308 e. The van der Waals surface area contributed by atoms with Crippen molar-refractivity contribution in [3.05, 3.63) is 51.8 Å². The molecule has 1 saturated heterocycles. The van der Waals surface area contributed by atoms with Gasteiger partial charge in [0.25, 0.3) is 0 Å². The molecule has 1 aromatic carbocycles. The van der Waals surface area contributed by atoms with Gasteiger partial charge in [-0.3, -0.25) is 24.0 Å². The van der Waals surface area contributed by atoms with Crippen molar-refractivity contribution in [2.24, 2.45) is 5.92 Å². The molecule has 13 heteroatoms. The minimum absolute atomic E-state index is 0.135. The van der Waals surface area contributed by atoms with Crippen molar-refractivity contribution in [2.45, 2.75) is 76.1 Å². The van der Waals surface area contributed by atoms with Crippen LogP contribution in [0.1, 0.15) is 51.8 Å². The van der Waals surface area contributed by atoms with E-state index < -0.39 is 60.4 Å². The van der Waals surface area contributed by atoms with Crippen LogP contribution in [0.4, 0.5) is 0 Å². The van der Waals surface area contributed by atoms with Crippen LogP contribution in [0, 0.1) is 5.92 Å². The van der Waals surface area contributed by atoms with Gasteiger partial charge in [-0.1, -0.05) is 18.2 Å². The van der Waals surface area contributed by atoms with Gasteiger partial charge in [-0.2, -0.15) is 0 Å². The number of ether oxygens (including phenoxy) is 6. The first-order valence-corrected chi connectivity index (χ1v) is 15.0. The molecular weight excluding hydrogens is 588 g/mol. The summed E-state index contributed by atoms with van der Waals surface area (Å²) >= 11 is 3.56. The van der Waals surface area contributed by atoms with Crippen molar-refractivity contribution in [2.75, 3.05) is 6.61 Å².